The monoisotopic (exact) mass is 265 g/mol. The van der Waals surface area contributed by atoms with Gasteiger partial charge in [-0.1, -0.05) is 29.8 Å². The highest BCUT2D eigenvalue weighted by Gasteiger charge is 2.04. The molecule has 0 fully saturated rings. The van der Waals surface area contributed by atoms with Crippen molar-refractivity contribution < 1.29 is 0 Å². The third-order valence-electron chi connectivity index (χ3n) is 3.55. The van der Waals surface area contributed by atoms with Gasteiger partial charge in [-0.3, -0.25) is 0 Å². The number of nitrogens with one attached hydrogen (secondary N) is 2. The topological polar surface area (TPSA) is 40.7 Å². The summed E-state index contributed by atoms with van der Waals surface area (Å²) in [5.74, 6) is 1.05. The predicted molar refractivity (Wildman–Crippen MR) is 84.2 cm³/mol. The smallest absolute Gasteiger partial charge is 0.107 e. The molecule has 0 saturated carbocycles. The van der Waals surface area contributed by atoms with Gasteiger partial charge >= 0.3 is 0 Å². The molecular weight excluding hydrogens is 246 g/mol. The van der Waals surface area contributed by atoms with Gasteiger partial charge in [-0.25, -0.2) is 4.98 Å². The van der Waals surface area contributed by atoms with Crippen LogP contribution in [0.2, 0.25) is 0 Å². The number of hydrogen-bond acceptors (Lipinski definition) is 2. The van der Waals surface area contributed by atoms with Crippen molar-refractivity contribution in [2.75, 3.05) is 12.4 Å². The molecule has 102 valence electrons. The van der Waals surface area contributed by atoms with Crippen LogP contribution in [0.4, 0.5) is 5.69 Å². The van der Waals surface area contributed by atoms with Crippen LogP contribution < -0.4 is 5.32 Å². The van der Waals surface area contributed by atoms with Crippen LogP contribution >= 0.6 is 0 Å². The number of aryl methyl sites for hydroxylation is 3. The summed E-state index contributed by atoms with van der Waals surface area (Å²) in [6, 6.07) is 14.9. The van der Waals surface area contributed by atoms with Crippen molar-refractivity contribution in [3.05, 3.63) is 59.4 Å². The molecule has 0 bridgehead atoms. The fourth-order valence-electron chi connectivity index (χ4n) is 2.47. The van der Waals surface area contributed by atoms with Crippen molar-refractivity contribution in [1.29, 1.82) is 0 Å². The molecule has 0 atom stereocenters. The average Bonchev–Trinajstić information content (AvgIpc) is 2.87. The van der Waals surface area contributed by atoms with Gasteiger partial charge in [0.15, 0.2) is 0 Å². The van der Waals surface area contributed by atoms with Gasteiger partial charge in [0.05, 0.1) is 11.0 Å². The Morgan fingerprint density at radius 3 is 2.80 bits per heavy atom. The molecule has 0 amide bonds. The van der Waals surface area contributed by atoms with Gasteiger partial charge < -0.3 is 10.3 Å². The van der Waals surface area contributed by atoms with Crippen LogP contribution in [0.1, 0.15) is 17.0 Å². The van der Waals surface area contributed by atoms with E-state index in [9.17, 15) is 0 Å². The van der Waals surface area contributed by atoms with Gasteiger partial charge in [-0.05, 0) is 37.1 Å². The van der Waals surface area contributed by atoms with Gasteiger partial charge in [0.2, 0.25) is 0 Å². The summed E-state index contributed by atoms with van der Waals surface area (Å²) in [6.07, 6.45) is 1.95. The van der Waals surface area contributed by atoms with E-state index < -0.39 is 0 Å². The second-order valence-corrected chi connectivity index (χ2v) is 5.15. The molecular formula is C17H19N3. The number of aromatic nitrogens is 2. The molecule has 0 unspecified atom stereocenters. The summed E-state index contributed by atoms with van der Waals surface area (Å²) in [6.45, 7) is 2.13. The minimum Gasteiger partial charge on any atom is -0.388 e. The molecule has 20 heavy (non-hydrogen) atoms. The fourth-order valence-corrected chi connectivity index (χ4v) is 2.47. The summed E-state index contributed by atoms with van der Waals surface area (Å²) in [4.78, 5) is 8.05. The Morgan fingerprint density at radius 2 is 2.00 bits per heavy atom. The number of fused-ring (bicyclic) bond motifs is 1. The maximum absolute atomic E-state index is 4.64. The van der Waals surface area contributed by atoms with E-state index >= 15 is 0 Å². The summed E-state index contributed by atoms with van der Waals surface area (Å²) in [5.41, 5.74) is 5.90. The molecule has 2 N–H and O–H groups in total. The number of hydrogen-bond donors (Lipinski definition) is 2. The fraction of sp³-hybridized carbons (Fsp3) is 0.235. The van der Waals surface area contributed by atoms with Crippen LogP contribution in [0.15, 0.2) is 42.5 Å². The van der Waals surface area contributed by atoms with Crippen molar-refractivity contribution in [3.63, 3.8) is 0 Å². The van der Waals surface area contributed by atoms with E-state index in [0.29, 0.717) is 0 Å². The standard InChI is InChI=1S/C17H19N3/c1-12-4-3-5-13(10-12)6-9-17-19-15-8-7-14(18-2)11-16(15)20-17/h3-5,7-8,10-11,18H,6,9H2,1-2H3,(H,19,20). The predicted octanol–water partition coefficient (Wildman–Crippen LogP) is 3.70. The van der Waals surface area contributed by atoms with Crippen molar-refractivity contribution in [2.45, 2.75) is 19.8 Å². The summed E-state index contributed by atoms with van der Waals surface area (Å²) < 4.78 is 0. The summed E-state index contributed by atoms with van der Waals surface area (Å²) in [7, 11) is 1.93. The number of aromatic amines is 1. The molecule has 0 aliphatic rings. The Balaban J connectivity index is 1.77. The highest BCUT2D eigenvalue weighted by atomic mass is 14.9. The second kappa shape index (κ2) is 5.37. The van der Waals surface area contributed by atoms with Crippen LogP contribution in [0.3, 0.4) is 0 Å². The Bertz CT molecular complexity index is 728. The molecule has 1 aromatic heterocycles. The number of rotatable bonds is 4. The highest BCUT2D eigenvalue weighted by Crippen LogP contribution is 2.17. The molecule has 0 radical (unpaired) electrons. The van der Waals surface area contributed by atoms with Crippen LogP contribution in [-0.2, 0) is 12.8 Å². The van der Waals surface area contributed by atoms with Crippen LogP contribution in [0.5, 0.6) is 0 Å². The second-order valence-electron chi connectivity index (χ2n) is 5.15. The maximum atomic E-state index is 4.64. The van der Waals surface area contributed by atoms with E-state index in [-0.39, 0.29) is 0 Å². The first kappa shape index (κ1) is 12.7. The third-order valence-corrected chi connectivity index (χ3v) is 3.55. The molecule has 3 heteroatoms. The molecule has 3 aromatic rings. The maximum Gasteiger partial charge on any atom is 0.107 e. The molecule has 3 nitrogen and oxygen atoms in total. The minimum absolute atomic E-state index is 0.938. The molecule has 2 aromatic carbocycles. The molecule has 0 aliphatic heterocycles. The lowest BCUT2D eigenvalue weighted by Gasteiger charge is -2.00. The van der Waals surface area contributed by atoms with Gasteiger partial charge in [-0.2, -0.15) is 0 Å². The van der Waals surface area contributed by atoms with Gasteiger partial charge in [0.25, 0.3) is 0 Å². The van der Waals surface area contributed by atoms with E-state index in [1.54, 1.807) is 0 Å². The summed E-state index contributed by atoms with van der Waals surface area (Å²) in [5, 5.41) is 3.14. The van der Waals surface area contributed by atoms with E-state index in [0.717, 1.165) is 35.4 Å². The first-order chi connectivity index (χ1) is 9.74. The average molecular weight is 265 g/mol. The normalized spacial score (nSPS) is 10.9. The number of benzene rings is 2. The lowest BCUT2D eigenvalue weighted by molar-refractivity contribution is 0.889. The number of H-pyrrole nitrogens is 1. The first-order valence-corrected chi connectivity index (χ1v) is 6.96. The Kier molecular flexibility index (Phi) is 3.42. The molecule has 0 saturated heterocycles. The largest absolute Gasteiger partial charge is 0.388 e. The molecule has 0 spiro atoms. The Morgan fingerprint density at radius 1 is 1.10 bits per heavy atom. The Hall–Kier alpha value is -2.29. The number of imidazole rings is 1. The van der Waals surface area contributed by atoms with E-state index in [4.69, 9.17) is 0 Å². The quantitative estimate of drug-likeness (QED) is 0.755. The third kappa shape index (κ3) is 2.67. The lowest BCUT2D eigenvalue weighted by Crippen LogP contribution is -1.93. The zero-order valence-corrected chi connectivity index (χ0v) is 11.9. The SMILES string of the molecule is CNc1ccc2nc(CCc3cccc(C)c3)[nH]c2c1. The number of anilines is 1. The van der Waals surface area contributed by atoms with Crippen molar-refractivity contribution in [1.82, 2.24) is 9.97 Å². The van der Waals surface area contributed by atoms with Crippen molar-refractivity contribution in [2.24, 2.45) is 0 Å². The Labute approximate surface area is 119 Å². The first-order valence-electron chi connectivity index (χ1n) is 6.96. The zero-order chi connectivity index (χ0) is 13.9. The molecule has 1 heterocycles. The van der Waals surface area contributed by atoms with Gasteiger partial charge in [0, 0.05) is 19.2 Å². The highest BCUT2D eigenvalue weighted by molar-refractivity contribution is 5.79. The van der Waals surface area contributed by atoms with Crippen molar-refractivity contribution >= 4 is 16.7 Å². The van der Waals surface area contributed by atoms with Crippen molar-refractivity contribution in [3.8, 4) is 0 Å². The summed E-state index contributed by atoms with van der Waals surface area (Å²) >= 11 is 0. The molecule has 0 aliphatic carbocycles. The minimum atomic E-state index is 0.938. The van der Waals surface area contributed by atoms with Crippen LogP contribution in [0.25, 0.3) is 11.0 Å². The van der Waals surface area contributed by atoms with E-state index in [2.05, 4.69) is 52.5 Å². The zero-order valence-electron chi connectivity index (χ0n) is 11.9. The molecule has 3 rings (SSSR count). The lowest BCUT2D eigenvalue weighted by atomic mass is 10.1. The number of nitrogens with zero attached hydrogens (tertiary/aromatic N) is 1. The van der Waals surface area contributed by atoms with E-state index in [1.165, 1.54) is 11.1 Å². The van der Waals surface area contributed by atoms with E-state index in [1.807, 2.05) is 19.2 Å². The van der Waals surface area contributed by atoms with Crippen LogP contribution in [-0.4, -0.2) is 17.0 Å². The van der Waals surface area contributed by atoms with Gasteiger partial charge in [0.1, 0.15) is 5.82 Å². The van der Waals surface area contributed by atoms with Crippen LogP contribution in [0, 0.1) is 6.92 Å². The van der Waals surface area contributed by atoms with Gasteiger partial charge in [-0.15, -0.1) is 0 Å².